The van der Waals surface area contributed by atoms with Crippen LogP contribution in [0, 0.1) is 0 Å². The lowest BCUT2D eigenvalue weighted by molar-refractivity contribution is 0.264. The molecule has 0 radical (unpaired) electrons. The minimum atomic E-state index is -2.17. The second-order valence-corrected chi connectivity index (χ2v) is 14.8. The van der Waals surface area contributed by atoms with Crippen LogP contribution in [-0.4, -0.2) is 45.7 Å². The third-order valence-electron chi connectivity index (χ3n) is 2.73. The van der Waals surface area contributed by atoms with E-state index in [1.807, 2.05) is 20.8 Å². The molecule has 0 aromatic heterocycles. The van der Waals surface area contributed by atoms with Gasteiger partial charge in [0.05, 0.1) is 0 Å². The summed E-state index contributed by atoms with van der Waals surface area (Å²) in [5.74, 6) is 0. The largest absolute Gasteiger partial charge is 0.393 e. The Kier molecular flexibility index (Phi) is 5.71. The smallest absolute Gasteiger partial charge is 0.340 e. The molecule has 1 fully saturated rings. The summed E-state index contributed by atoms with van der Waals surface area (Å²) in [5.41, 5.74) is 0. The SMILES string of the molecule is CCO[Si]1(C)N[Si](C)(OCC)N[Si](C)(OCC)N1. The van der Waals surface area contributed by atoms with E-state index in [1.165, 1.54) is 0 Å². The molecular weight excluding hydrogens is 282 g/mol. The molecule has 0 aliphatic carbocycles. The van der Waals surface area contributed by atoms with Gasteiger partial charge in [0.2, 0.25) is 0 Å². The van der Waals surface area contributed by atoms with Gasteiger partial charge in [0, 0.05) is 19.8 Å². The lowest BCUT2D eigenvalue weighted by Gasteiger charge is -2.49. The molecule has 9 heteroatoms. The van der Waals surface area contributed by atoms with Crippen LogP contribution in [0.15, 0.2) is 0 Å². The Morgan fingerprint density at radius 1 is 0.611 bits per heavy atom. The lowest BCUT2D eigenvalue weighted by Crippen LogP contribution is -2.92. The van der Waals surface area contributed by atoms with E-state index in [0.717, 1.165) is 0 Å². The number of hydrogen-bond acceptors (Lipinski definition) is 6. The molecule has 1 aliphatic rings. The normalized spacial score (nSPS) is 41.0. The van der Waals surface area contributed by atoms with Crippen molar-refractivity contribution in [2.45, 2.75) is 40.4 Å². The van der Waals surface area contributed by atoms with E-state index in [9.17, 15) is 0 Å². The first-order valence-electron chi connectivity index (χ1n) is 6.60. The molecule has 1 saturated heterocycles. The summed E-state index contributed by atoms with van der Waals surface area (Å²) in [6.45, 7) is 14.5. The van der Waals surface area contributed by atoms with Gasteiger partial charge < -0.3 is 13.3 Å². The summed E-state index contributed by atoms with van der Waals surface area (Å²) in [5, 5.41) is 0. The van der Waals surface area contributed by atoms with Gasteiger partial charge in [-0.2, -0.15) is 0 Å². The van der Waals surface area contributed by atoms with Gasteiger partial charge in [0.15, 0.2) is 0 Å². The highest BCUT2D eigenvalue weighted by Gasteiger charge is 2.55. The van der Waals surface area contributed by atoms with E-state index in [4.69, 9.17) is 13.3 Å². The second-order valence-electron chi connectivity index (χ2n) is 4.77. The molecule has 1 aliphatic heterocycles. The van der Waals surface area contributed by atoms with Crippen molar-refractivity contribution in [3.63, 3.8) is 0 Å². The van der Waals surface area contributed by atoms with E-state index < -0.39 is 25.9 Å². The van der Waals surface area contributed by atoms with Crippen molar-refractivity contribution in [2.24, 2.45) is 0 Å². The minimum absolute atomic E-state index is 0.690. The monoisotopic (exact) mass is 309 g/mol. The Balaban J connectivity index is 2.91. The average Bonchev–Trinajstić information content (AvgIpc) is 2.14. The summed E-state index contributed by atoms with van der Waals surface area (Å²) >= 11 is 0. The maximum Gasteiger partial charge on any atom is 0.340 e. The fourth-order valence-corrected chi connectivity index (χ4v) is 19.4. The van der Waals surface area contributed by atoms with Gasteiger partial charge in [0.1, 0.15) is 0 Å². The topological polar surface area (TPSA) is 63.8 Å². The summed E-state index contributed by atoms with van der Waals surface area (Å²) in [6, 6.07) is 0. The van der Waals surface area contributed by atoms with Crippen LogP contribution in [-0.2, 0) is 13.3 Å². The predicted molar refractivity (Wildman–Crippen MR) is 79.1 cm³/mol. The van der Waals surface area contributed by atoms with E-state index in [1.54, 1.807) is 0 Å². The van der Waals surface area contributed by atoms with Crippen LogP contribution < -0.4 is 13.9 Å². The zero-order chi connectivity index (χ0) is 13.9. The highest BCUT2D eigenvalue weighted by molar-refractivity contribution is 7.00. The van der Waals surface area contributed by atoms with Crippen LogP contribution in [0.1, 0.15) is 20.8 Å². The molecule has 0 aromatic carbocycles. The summed E-state index contributed by atoms with van der Waals surface area (Å²) in [6.07, 6.45) is 0. The van der Waals surface area contributed by atoms with Gasteiger partial charge in [-0.1, -0.05) is 0 Å². The Morgan fingerprint density at radius 2 is 0.833 bits per heavy atom. The standard InChI is InChI=1S/C9H27N3O3Si3/c1-7-13-16(4)10-17(5,14-8-2)12-18(6,11-16)15-9-3/h10-12H,7-9H2,1-6H3. The van der Waals surface area contributed by atoms with Crippen molar-refractivity contribution >= 4 is 25.9 Å². The van der Waals surface area contributed by atoms with E-state index >= 15 is 0 Å². The van der Waals surface area contributed by atoms with Crippen LogP contribution in [0.3, 0.4) is 0 Å². The van der Waals surface area contributed by atoms with Crippen molar-refractivity contribution in [3.8, 4) is 0 Å². The molecule has 108 valence electrons. The molecule has 0 atom stereocenters. The second kappa shape index (κ2) is 6.24. The fourth-order valence-electron chi connectivity index (χ4n) is 2.54. The van der Waals surface area contributed by atoms with E-state index in [2.05, 4.69) is 33.6 Å². The molecule has 0 spiro atoms. The number of nitrogens with one attached hydrogen (secondary N) is 3. The quantitative estimate of drug-likeness (QED) is 0.624. The van der Waals surface area contributed by atoms with Gasteiger partial charge in [0.25, 0.3) is 0 Å². The van der Waals surface area contributed by atoms with Crippen LogP contribution in [0.4, 0.5) is 0 Å². The predicted octanol–water partition coefficient (Wildman–Crippen LogP) is 0.584. The Morgan fingerprint density at radius 3 is 1.00 bits per heavy atom. The number of hydrogen-bond donors (Lipinski definition) is 3. The lowest BCUT2D eigenvalue weighted by atomic mass is 10.9. The maximum absolute atomic E-state index is 5.94. The fraction of sp³-hybridized carbons (Fsp3) is 1.00. The Labute approximate surface area is 114 Å². The zero-order valence-electron chi connectivity index (χ0n) is 12.3. The Hall–Kier alpha value is 0.411. The highest BCUT2D eigenvalue weighted by atomic mass is 28.5. The molecule has 0 unspecified atom stereocenters. The highest BCUT2D eigenvalue weighted by Crippen LogP contribution is 2.15. The molecule has 0 saturated carbocycles. The Bertz CT molecular complexity index is 234. The summed E-state index contributed by atoms with van der Waals surface area (Å²) in [4.78, 5) is 0. The van der Waals surface area contributed by atoms with Crippen molar-refractivity contribution in [1.29, 1.82) is 0 Å². The summed E-state index contributed by atoms with van der Waals surface area (Å²) < 4.78 is 28.6. The third-order valence-corrected chi connectivity index (χ3v) is 16.8. The van der Waals surface area contributed by atoms with Crippen LogP contribution in [0.25, 0.3) is 0 Å². The molecule has 3 N–H and O–H groups in total. The minimum Gasteiger partial charge on any atom is -0.393 e. The van der Waals surface area contributed by atoms with Gasteiger partial charge in [-0.15, -0.1) is 0 Å². The van der Waals surface area contributed by atoms with Crippen molar-refractivity contribution in [3.05, 3.63) is 0 Å². The molecule has 6 nitrogen and oxygen atoms in total. The van der Waals surface area contributed by atoms with Crippen molar-refractivity contribution in [1.82, 2.24) is 13.9 Å². The molecule has 1 heterocycles. The van der Waals surface area contributed by atoms with Gasteiger partial charge >= 0.3 is 25.9 Å². The maximum atomic E-state index is 5.94. The zero-order valence-corrected chi connectivity index (χ0v) is 15.3. The first kappa shape index (κ1) is 16.5. The van der Waals surface area contributed by atoms with Crippen LogP contribution in [0.5, 0.6) is 0 Å². The number of rotatable bonds is 6. The van der Waals surface area contributed by atoms with Crippen LogP contribution in [0.2, 0.25) is 19.6 Å². The van der Waals surface area contributed by atoms with E-state index in [0.29, 0.717) is 19.8 Å². The van der Waals surface area contributed by atoms with Crippen molar-refractivity contribution in [2.75, 3.05) is 19.8 Å². The first-order chi connectivity index (χ1) is 8.30. The van der Waals surface area contributed by atoms with Crippen molar-refractivity contribution < 1.29 is 13.3 Å². The summed E-state index contributed by atoms with van der Waals surface area (Å²) in [7, 11) is -6.51. The van der Waals surface area contributed by atoms with Gasteiger partial charge in [-0.25, -0.2) is 0 Å². The third kappa shape index (κ3) is 4.21. The molecule has 0 bridgehead atoms. The first-order valence-corrected chi connectivity index (χ1v) is 13.8. The van der Waals surface area contributed by atoms with E-state index in [-0.39, 0.29) is 0 Å². The molecule has 1 rings (SSSR count). The van der Waals surface area contributed by atoms with Gasteiger partial charge in [-0.05, 0) is 40.4 Å². The molecule has 0 amide bonds. The molecular formula is C9H27N3O3Si3. The van der Waals surface area contributed by atoms with Gasteiger partial charge in [-0.3, -0.25) is 13.9 Å². The molecule has 0 aromatic rings. The molecule has 18 heavy (non-hydrogen) atoms. The van der Waals surface area contributed by atoms with Crippen LogP contribution >= 0.6 is 0 Å². The average molecular weight is 310 g/mol.